The standard InChI is InChI=1S/C18H18N2O6S/c1-12(17-10-13-6-4-5-7-15(13)26-17)19(2)27(23,24)18-11-14(20(21)22)8-9-16(18)25-3/h4-12H,1-3H3. The second kappa shape index (κ2) is 7.01. The maximum Gasteiger partial charge on any atom is 0.271 e. The lowest BCUT2D eigenvalue weighted by atomic mass is 10.2. The number of hydrogen-bond acceptors (Lipinski definition) is 6. The predicted molar refractivity (Wildman–Crippen MR) is 99.2 cm³/mol. The number of hydrogen-bond donors (Lipinski definition) is 0. The molecule has 0 saturated carbocycles. The monoisotopic (exact) mass is 390 g/mol. The van der Waals surface area contributed by atoms with E-state index in [4.69, 9.17) is 9.15 Å². The number of sulfonamides is 1. The number of nitro benzene ring substituents is 1. The number of nitrogens with zero attached hydrogens (tertiary/aromatic N) is 2. The number of para-hydroxylation sites is 1. The number of non-ortho nitro benzene ring substituents is 1. The minimum absolute atomic E-state index is 0.0317. The van der Waals surface area contributed by atoms with Gasteiger partial charge in [-0.15, -0.1) is 0 Å². The largest absolute Gasteiger partial charge is 0.495 e. The molecule has 1 atom stereocenters. The fourth-order valence-electron chi connectivity index (χ4n) is 2.73. The first-order valence-electron chi connectivity index (χ1n) is 8.04. The van der Waals surface area contributed by atoms with E-state index in [0.29, 0.717) is 11.3 Å². The van der Waals surface area contributed by atoms with Gasteiger partial charge in [0.2, 0.25) is 10.0 Å². The van der Waals surface area contributed by atoms with E-state index in [1.54, 1.807) is 19.1 Å². The van der Waals surface area contributed by atoms with Crippen LogP contribution in [0.15, 0.2) is 57.8 Å². The van der Waals surface area contributed by atoms with Crippen LogP contribution in [0.5, 0.6) is 5.75 Å². The first-order valence-corrected chi connectivity index (χ1v) is 9.48. The smallest absolute Gasteiger partial charge is 0.271 e. The van der Waals surface area contributed by atoms with Crippen LogP contribution >= 0.6 is 0 Å². The van der Waals surface area contributed by atoms with Gasteiger partial charge in [0.15, 0.2) is 0 Å². The Labute approximate surface area is 156 Å². The van der Waals surface area contributed by atoms with Crippen molar-refractivity contribution >= 4 is 26.7 Å². The maximum atomic E-state index is 13.1. The molecular weight excluding hydrogens is 372 g/mol. The van der Waals surface area contributed by atoms with E-state index in [-0.39, 0.29) is 16.3 Å². The highest BCUT2D eigenvalue weighted by molar-refractivity contribution is 7.89. The molecule has 1 aromatic heterocycles. The first kappa shape index (κ1) is 18.9. The van der Waals surface area contributed by atoms with Crippen LogP contribution in [0.2, 0.25) is 0 Å². The molecular formula is C18H18N2O6S. The Bertz CT molecular complexity index is 1070. The quantitative estimate of drug-likeness (QED) is 0.469. The van der Waals surface area contributed by atoms with Crippen molar-refractivity contribution in [2.75, 3.05) is 14.2 Å². The van der Waals surface area contributed by atoms with Gasteiger partial charge in [-0.25, -0.2) is 8.42 Å². The van der Waals surface area contributed by atoms with Crippen LogP contribution in [-0.2, 0) is 10.0 Å². The molecule has 1 unspecified atom stereocenters. The minimum Gasteiger partial charge on any atom is -0.495 e. The van der Waals surface area contributed by atoms with Crippen LogP contribution in [0.1, 0.15) is 18.7 Å². The van der Waals surface area contributed by atoms with E-state index in [0.717, 1.165) is 15.8 Å². The molecule has 9 heteroatoms. The van der Waals surface area contributed by atoms with Gasteiger partial charge in [0, 0.05) is 24.6 Å². The normalized spacial score (nSPS) is 13.0. The van der Waals surface area contributed by atoms with Crippen LogP contribution in [-0.4, -0.2) is 31.8 Å². The van der Waals surface area contributed by atoms with Gasteiger partial charge in [-0.3, -0.25) is 10.1 Å². The minimum atomic E-state index is -4.08. The lowest BCUT2D eigenvalue weighted by Crippen LogP contribution is -2.30. The third-order valence-electron chi connectivity index (χ3n) is 4.42. The first-order chi connectivity index (χ1) is 12.8. The van der Waals surface area contributed by atoms with Crippen LogP contribution in [0.3, 0.4) is 0 Å². The van der Waals surface area contributed by atoms with Gasteiger partial charge < -0.3 is 9.15 Å². The zero-order chi connectivity index (χ0) is 19.8. The summed E-state index contributed by atoms with van der Waals surface area (Å²) >= 11 is 0. The fraction of sp³-hybridized carbons (Fsp3) is 0.222. The molecule has 8 nitrogen and oxygen atoms in total. The van der Waals surface area contributed by atoms with Gasteiger partial charge in [-0.1, -0.05) is 18.2 Å². The van der Waals surface area contributed by atoms with E-state index in [1.165, 1.54) is 26.3 Å². The Balaban J connectivity index is 2.03. The molecule has 0 aliphatic carbocycles. The second-order valence-corrected chi connectivity index (χ2v) is 7.94. The second-order valence-electron chi connectivity index (χ2n) is 5.98. The van der Waals surface area contributed by atoms with Crippen molar-refractivity contribution in [1.29, 1.82) is 0 Å². The summed E-state index contributed by atoms with van der Waals surface area (Å²) in [5.41, 5.74) is 0.317. The number of furan rings is 1. The molecule has 27 heavy (non-hydrogen) atoms. The molecule has 0 amide bonds. The SMILES string of the molecule is COc1ccc([N+](=O)[O-])cc1S(=O)(=O)N(C)C(C)c1cc2ccccc2o1. The molecule has 0 spiro atoms. The lowest BCUT2D eigenvalue weighted by Gasteiger charge is -2.23. The summed E-state index contributed by atoms with van der Waals surface area (Å²) in [6.07, 6.45) is 0. The summed E-state index contributed by atoms with van der Waals surface area (Å²) < 4.78 is 38.2. The average Bonchev–Trinajstić information content (AvgIpc) is 3.10. The fourth-order valence-corrected chi connectivity index (χ4v) is 4.24. The van der Waals surface area contributed by atoms with Gasteiger partial charge in [-0.2, -0.15) is 4.31 Å². The van der Waals surface area contributed by atoms with E-state index >= 15 is 0 Å². The topological polar surface area (TPSA) is 103 Å². The van der Waals surface area contributed by atoms with Crippen molar-refractivity contribution < 1.29 is 22.5 Å². The highest BCUT2D eigenvalue weighted by atomic mass is 32.2. The van der Waals surface area contributed by atoms with Crippen LogP contribution in [0.4, 0.5) is 5.69 Å². The number of methoxy groups -OCH3 is 1. The summed E-state index contributed by atoms with van der Waals surface area (Å²) in [5, 5.41) is 11.9. The number of ether oxygens (including phenoxy) is 1. The van der Waals surface area contributed by atoms with Gasteiger partial charge >= 0.3 is 0 Å². The Morgan fingerprint density at radius 1 is 1.19 bits per heavy atom. The third kappa shape index (κ3) is 3.38. The molecule has 0 radical (unpaired) electrons. The molecule has 0 aliphatic heterocycles. The lowest BCUT2D eigenvalue weighted by molar-refractivity contribution is -0.385. The Hall–Kier alpha value is -2.91. The number of nitro groups is 1. The van der Waals surface area contributed by atoms with E-state index < -0.39 is 21.0 Å². The molecule has 0 fully saturated rings. The van der Waals surface area contributed by atoms with E-state index in [1.807, 2.05) is 18.2 Å². The third-order valence-corrected chi connectivity index (χ3v) is 6.37. The Kier molecular flexibility index (Phi) is 4.90. The van der Waals surface area contributed by atoms with Gasteiger partial charge in [0.05, 0.1) is 18.1 Å². The molecule has 0 bridgehead atoms. The number of benzene rings is 2. The molecule has 0 N–H and O–H groups in total. The van der Waals surface area contributed by atoms with Crippen molar-refractivity contribution in [2.24, 2.45) is 0 Å². The van der Waals surface area contributed by atoms with E-state index in [9.17, 15) is 18.5 Å². The summed E-state index contributed by atoms with van der Waals surface area (Å²) in [6, 6.07) is 12.0. The van der Waals surface area contributed by atoms with Crippen LogP contribution < -0.4 is 4.74 Å². The zero-order valence-corrected chi connectivity index (χ0v) is 15.8. The van der Waals surface area contributed by atoms with Crippen molar-refractivity contribution in [3.05, 3.63) is 64.4 Å². The van der Waals surface area contributed by atoms with Crippen molar-refractivity contribution in [3.8, 4) is 5.75 Å². The van der Waals surface area contributed by atoms with Crippen molar-refractivity contribution in [2.45, 2.75) is 17.9 Å². The molecule has 3 rings (SSSR count). The summed E-state index contributed by atoms with van der Waals surface area (Å²) in [5.74, 6) is 0.496. The average molecular weight is 390 g/mol. The van der Waals surface area contributed by atoms with Gasteiger partial charge in [-0.05, 0) is 25.1 Å². The molecule has 2 aromatic carbocycles. The maximum absolute atomic E-state index is 13.1. The Morgan fingerprint density at radius 3 is 2.52 bits per heavy atom. The molecule has 3 aromatic rings. The van der Waals surface area contributed by atoms with Crippen LogP contribution in [0.25, 0.3) is 11.0 Å². The zero-order valence-electron chi connectivity index (χ0n) is 14.9. The Morgan fingerprint density at radius 2 is 1.89 bits per heavy atom. The van der Waals surface area contributed by atoms with Crippen molar-refractivity contribution in [3.63, 3.8) is 0 Å². The van der Waals surface area contributed by atoms with E-state index in [2.05, 4.69) is 0 Å². The molecule has 1 heterocycles. The van der Waals surface area contributed by atoms with Gasteiger partial charge in [0.25, 0.3) is 5.69 Å². The van der Waals surface area contributed by atoms with Crippen molar-refractivity contribution in [1.82, 2.24) is 4.31 Å². The highest BCUT2D eigenvalue weighted by Crippen LogP contribution is 2.34. The highest BCUT2D eigenvalue weighted by Gasteiger charge is 2.32. The van der Waals surface area contributed by atoms with Gasteiger partial charge in [0.1, 0.15) is 22.0 Å². The van der Waals surface area contributed by atoms with Crippen LogP contribution in [0, 0.1) is 10.1 Å². The molecule has 142 valence electrons. The summed E-state index contributed by atoms with van der Waals surface area (Å²) in [6.45, 7) is 1.68. The number of rotatable bonds is 6. The summed E-state index contributed by atoms with van der Waals surface area (Å²) in [7, 11) is -1.38. The molecule has 0 aliphatic rings. The summed E-state index contributed by atoms with van der Waals surface area (Å²) in [4.78, 5) is 10.1. The molecule has 0 saturated heterocycles. The predicted octanol–water partition coefficient (Wildman–Crippen LogP) is 3.73. The number of fused-ring (bicyclic) bond motifs is 1.